The van der Waals surface area contributed by atoms with Gasteiger partial charge >= 0.3 is 6.18 Å². The SMILES string of the molecule is Cc1ccc(-c2cncnc2[C@@H](CC(=O)Cn2nc(C(F)(F)F)c3c2CCCC3)Cc2cc(F)cc(F)c2)cc1. The van der Waals surface area contributed by atoms with Crippen molar-refractivity contribution in [1.29, 1.82) is 0 Å². The summed E-state index contributed by atoms with van der Waals surface area (Å²) in [6.07, 6.45) is 0.367. The molecule has 1 aliphatic carbocycles. The fourth-order valence-corrected chi connectivity index (χ4v) is 5.43. The molecule has 10 heteroatoms. The second kappa shape index (κ2) is 11.3. The Hall–Kier alpha value is -3.95. The van der Waals surface area contributed by atoms with Crippen molar-refractivity contribution < 1.29 is 26.7 Å². The number of carbonyl (C=O) groups excluding carboxylic acids is 1. The normalized spacial score (nSPS) is 14.2. The summed E-state index contributed by atoms with van der Waals surface area (Å²) in [6, 6.07) is 10.8. The number of benzene rings is 2. The van der Waals surface area contributed by atoms with Gasteiger partial charge in [-0.05, 0) is 62.3 Å². The van der Waals surface area contributed by atoms with Crippen LogP contribution in [0.15, 0.2) is 55.0 Å². The third kappa shape index (κ3) is 6.11. The van der Waals surface area contributed by atoms with E-state index in [1.807, 2.05) is 31.2 Å². The number of aryl methyl sites for hydroxylation is 1. The van der Waals surface area contributed by atoms with Crippen LogP contribution >= 0.6 is 0 Å². The van der Waals surface area contributed by atoms with E-state index in [1.54, 1.807) is 6.20 Å². The van der Waals surface area contributed by atoms with E-state index in [0.29, 0.717) is 35.4 Å². The number of aromatic nitrogens is 4. The Balaban J connectivity index is 1.49. The van der Waals surface area contributed by atoms with E-state index >= 15 is 0 Å². The van der Waals surface area contributed by atoms with Gasteiger partial charge in [-0.25, -0.2) is 18.7 Å². The molecule has 5 rings (SSSR count). The van der Waals surface area contributed by atoms with Crippen molar-refractivity contribution in [1.82, 2.24) is 19.7 Å². The predicted molar refractivity (Wildman–Crippen MR) is 139 cm³/mol. The van der Waals surface area contributed by atoms with E-state index in [4.69, 9.17) is 0 Å². The molecular weight excluding hydrogens is 527 g/mol. The highest BCUT2D eigenvalue weighted by Crippen LogP contribution is 2.36. The van der Waals surface area contributed by atoms with Crippen LogP contribution in [0.2, 0.25) is 0 Å². The number of fused-ring (bicyclic) bond motifs is 1. The molecule has 2 aromatic heterocycles. The number of carbonyl (C=O) groups is 1. The summed E-state index contributed by atoms with van der Waals surface area (Å²) >= 11 is 0. The second-order valence-corrected chi connectivity index (χ2v) is 10.2. The Morgan fingerprint density at radius 3 is 2.42 bits per heavy atom. The zero-order valence-electron chi connectivity index (χ0n) is 21.8. The van der Waals surface area contributed by atoms with Gasteiger partial charge in [0.1, 0.15) is 18.0 Å². The lowest BCUT2D eigenvalue weighted by atomic mass is 9.87. The first kappa shape index (κ1) is 27.6. The number of alkyl halides is 3. The molecule has 0 amide bonds. The van der Waals surface area contributed by atoms with Gasteiger partial charge in [0.2, 0.25) is 0 Å². The molecule has 1 aliphatic rings. The Kier molecular flexibility index (Phi) is 7.78. The highest BCUT2D eigenvalue weighted by Gasteiger charge is 2.39. The Morgan fingerprint density at radius 2 is 1.73 bits per heavy atom. The summed E-state index contributed by atoms with van der Waals surface area (Å²) in [6.45, 7) is 1.61. The van der Waals surface area contributed by atoms with Crippen molar-refractivity contribution in [2.45, 2.75) is 64.1 Å². The Morgan fingerprint density at radius 1 is 1.02 bits per heavy atom. The standard InChI is InChI=1S/C30H27F5N4O/c1-18-6-8-20(9-7-18)26-15-36-17-37-28(26)21(10-19-11-22(31)14-23(32)12-19)13-24(40)16-39-27-5-3-2-4-25(27)29(38-39)30(33,34)35/h6-9,11-12,14-15,17,21H,2-5,10,13,16H2,1H3/t21-/m1/s1. The molecule has 4 aromatic rings. The maximum absolute atomic E-state index is 14.0. The van der Waals surface area contributed by atoms with Crippen molar-refractivity contribution in [3.05, 3.63) is 100 Å². The monoisotopic (exact) mass is 554 g/mol. The molecule has 0 unspecified atom stereocenters. The van der Waals surface area contributed by atoms with Gasteiger partial charge in [-0.3, -0.25) is 9.48 Å². The van der Waals surface area contributed by atoms with Crippen LogP contribution in [-0.4, -0.2) is 25.5 Å². The minimum absolute atomic E-state index is 0.0846. The van der Waals surface area contributed by atoms with Crippen LogP contribution in [0.3, 0.4) is 0 Å². The van der Waals surface area contributed by atoms with E-state index in [-0.39, 0.29) is 37.2 Å². The fourth-order valence-electron chi connectivity index (χ4n) is 5.43. The van der Waals surface area contributed by atoms with Crippen LogP contribution < -0.4 is 0 Å². The lowest BCUT2D eigenvalue weighted by molar-refractivity contribution is -0.142. The van der Waals surface area contributed by atoms with Crippen LogP contribution in [0.1, 0.15) is 59.0 Å². The zero-order chi connectivity index (χ0) is 28.4. The first-order valence-electron chi connectivity index (χ1n) is 13.1. The van der Waals surface area contributed by atoms with Gasteiger partial charge < -0.3 is 0 Å². The highest BCUT2D eigenvalue weighted by atomic mass is 19.4. The van der Waals surface area contributed by atoms with Gasteiger partial charge in [-0.1, -0.05) is 29.8 Å². The molecule has 0 aliphatic heterocycles. The number of hydrogen-bond acceptors (Lipinski definition) is 4. The maximum Gasteiger partial charge on any atom is 0.435 e. The van der Waals surface area contributed by atoms with Gasteiger partial charge in [0.25, 0.3) is 0 Å². The van der Waals surface area contributed by atoms with E-state index in [0.717, 1.165) is 23.6 Å². The number of hydrogen-bond donors (Lipinski definition) is 0. The van der Waals surface area contributed by atoms with Gasteiger partial charge in [-0.2, -0.15) is 18.3 Å². The van der Waals surface area contributed by atoms with Crippen LogP contribution in [0.4, 0.5) is 22.0 Å². The summed E-state index contributed by atoms with van der Waals surface area (Å²) in [4.78, 5) is 22.0. The van der Waals surface area contributed by atoms with Crippen LogP contribution in [0, 0.1) is 18.6 Å². The van der Waals surface area contributed by atoms with Crippen molar-refractivity contribution in [3.63, 3.8) is 0 Å². The summed E-state index contributed by atoms with van der Waals surface area (Å²) in [5.41, 5.74) is 3.03. The topological polar surface area (TPSA) is 60.7 Å². The minimum atomic E-state index is -4.61. The number of nitrogens with zero attached hydrogens (tertiary/aromatic N) is 4. The molecule has 0 spiro atoms. The largest absolute Gasteiger partial charge is 0.435 e. The number of rotatable bonds is 8. The smallest absolute Gasteiger partial charge is 0.298 e. The third-order valence-corrected chi connectivity index (χ3v) is 7.22. The summed E-state index contributed by atoms with van der Waals surface area (Å²) in [7, 11) is 0. The molecule has 1 atom stereocenters. The molecule has 0 saturated heterocycles. The molecule has 208 valence electrons. The van der Waals surface area contributed by atoms with Gasteiger partial charge in [-0.15, -0.1) is 0 Å². The second-order valence-electron chi connectivity index (χ2n) is 10.2. The van der Waals surface area contributed by atoms with E-state index in [1.165, 1.54) is 23.1 Å². The average molecular weight is 555 g/mol. The summed E-state index contributed by atoms with van der Waals surface area (Å²) in [5, 5.41) is 3.81. The first-order valence-corrected chi connectivity index (χ1v) is 13.1. The van der Waals surface area contributed by atoms with Crippen molar-refractivity contribution >= 4 is 5.78 Å². The van der Waals surface area contributed by atoms with Gasteiger partial charge in [0, 0.05) is 41.4 Å². The molecule has 40 heavy (non-hydrogen) atoms. The van der Waals surface area contributed by atoms with Crippen molar-refractivity contribution in [2.24, 2.45) is 0 Å². The molecule has 0 fully saturated rings. The molecule has 0 saturated carbocycles. The first-order chi connectivity index (χ1) is 19.1. The van der Waals surface area contributed by atoms with E-state index in [2.05, 4.69) is 15.1 Å². The lowest BCUT2D eigenvalue weighted by Gasteiger charge is -2.20. The summed E-state index contributed by atoms with van der Waals surface area (Å²) < 4.78 is 70.2. The van der Waals surface area contributed by atoms with Crippen LogP contribution in [-0.2, 0) is 36.8 Å². The molecule has 0 bridgehead atoms. The zero-order valence-corrected chi connectivity index (χ0v) is 21.8. The molecule has 5 nitrogen and oxygen atoms in total. The number of ketones is 1. The molecule has 0 radical (unpaired) electrons. The van der Waals surface area contributed by atoms with Crippen molar-refractivity contribution in [3.8, 4) is 11.1 Å². The van der Waals surface area contributed by atoms with E-state index in [9.17, 15) is 26.7 Å². The van der Waals surface area contributed by atoms with Crippen LogP contribution in [0.5, 0.6) is 0 Å². The van der Waals surface area contributed by atoms with Gasteiger partial charge in [0.05, 0.1) is 12.2 Å². The molecule has 2 heterocycles. The van der Waals surface area contributed by atoms with Crippen LogP contribution in [0.25, 0.3) is 11.1 Å². The van der Waals surface area contributed by atoms with Gasteiger partial charge in [0.15, 0.2) is 11.5 Å². The maximum atomic E-state index is 14.0. The summed E-state index contributed by atoms with van der Waals surface area (Å²) in [5.74, 6) is -2.48. The van der Waals surface area contributed by atoms with Crippen molar-refractivity contribution in [2.75, 3.05) is 0 Å². The Labute approximate surface area is 228 Å². The highest BCUT2D eigenvalue weighted by molar-refractivity contribution is 5.80. The van der Waals surface area contributed by atoms with E-state index < -0.39 is 29.4 Å². The lowest BCUT2D eigenvalue weighted by Crippen LogP contribution is -2.20. The minimum Gasteiger partial charge on any atom is -0.298 e. The predicted octanol–water partition coefficient (Wildman–Crippen LogP) is 6.81. The number of Topliss-reactive ketones (excluding diaryl/α,β-unsaturated/α-hetero) is 1. The fraction of sp³-hybridized carbons (Fsp3) is 0.333. The third-order valence-electron chi connectivity index (χ3n) is 7.22. The average Bonchev–Trinajstić information content (AvgIpc) is 3.27. The Bertz CT molecular complexity index is 1510. The quantitative estimate of drug-likeness (QED) is 0.225. The number of halogens is 5. The molecule has 2 aromatic carbocycles. The molecule has 0 N–H and O–H groups in total. The molecular formula is C30H27F5N4O.